The Kier molecular flexibility index (Phi) is 3.96. The molecule has 3 rings (SSSR count). The molecule has 0 radical (unpaired) electrons. The highest BCUT2D eigenvalue weighted by Gasteiger charge is 2.33. The van der Waals surface area contributed by atoms with Gasteiger partial charge in [-0.05, 0) is 32.8 Å². The number of nitrogens with zero attached hydrogens (tertiary/aromatic N) is 5. The van der Waals surface area contributed by atoms with E-state index in [0.29, 0.717) is 24.2 Å². The number of amides is 1. The molecular formula is C15H21N5O2. The van der Waals surface area contributed by atoms with E-state index in [2.05, 4.69) is 29.1 Å². The van der Waals surface area contributed by atoms with Crippen LogP contribution in [0.1, 0.15) is 56.2 Å². The van der Waals surface area contributed by atoms with Crippen LogP contribution in [0.3, 0.4) is 0 Å². The van der Waals surface area contributed by atoms with E-state index in [1.807, 2.05) is 21.8 Å². The van der Waals surface area contributed by atoms with Gasteiger partial charge in [-0.1, -0.05) is 5.16 Å². The van der Waals surface area contributed by atoms with Crippen molar-refractivity contribution in [3.8, 4) is 0 Å². The summed E-state index contributed by atoms with van der Waals surface area (Å²) in [5, 5.41) is 8.41. The van der Waals surface area contributed by atoms with Crippen LogP contribution in [-0.2, 0) is 11.2 Å². The third-order valence-corrected chi connectivity index (χ3v) is 3.94. The highest BCUT2D eigenvalue weighted by atomic mass is 16.5. The van der Waals surface area contributed by atoms with Crippen molar-refractivity contribution in [2.75, 3.05) is 6.54 Å². The van der Waals surface area contributed by atoms with E-state index in [0.717, 1.165) is 25.1 Å². The largest absolute Gasteiger partial charge is 0.340 e. The summed E-state index contributed by atoms with van der Waals surface area (Å²) in [7, 11) is 0. The fourth-order valence-corrected chi connectivity index (χ4v) is 2.80. The van der Waals surface area contributed by atoms with Gasteiger partial charge in [0.25, 0.3) is 0 Å². The molecule has 1 aliphatic heterocycles. The van der Waals surface area contributed by atoms with Gasteiger partial charge < -0.3 is 9.42 Å². The first-order valence-electron chi connectivity index (χ1n) is 7.68. The predicted molar refractivity (Wildman–Crippen MR) is 79.0 cm³/mol. The van der Waals surface area contributed by atoms with E-state index in [-0.39, 0.29) is 11.9 Å². The Hall–Kier alpha value is -2.18. The fraction of sp³-hybridized carbons (Fsp3) is 0.600. The van der Waals surface area contributed by atoms with Crippen molar-refractivity contribution in [2.45, 2.75) is 52.1 Å². The van der Waals surface area contributed by atoms with Gasteiger partial charge in [-0.15, -0.1) is 0 Å². The minimum absolute atomic E-state index is 0.0685. The molecule has 1 aliphatic rings. The van der Waals surface area contributed by atoms with Crippen LogP contribution in [0.4, 0.5) is 0 Å². The standard InChI is InChI=1S/C15H21N5O2/c1-10(2)20-8-6-12(17-20)9-14(21)19-7-4-5-13(19)15-16-11(3)22-18-15/h6,8,10,13H,4-5,7,9H2,1-3H3/t13-/m1/s1. The average molecular weight is 303 g/mol. The van der Waals surface area contributed by atoms with Crippen LogP contribution in [0, 0.1) is 6.92 Å². The number of carbonyl (C=O) groups excluding carboxylic acids is 1. The lowest BCUT2D eigenvalue weighted by Crippen LogP contribution is -2.32. The van der Waals surface area contributed by atoms with Gasteiger partial charge in [0.1, 0.15) is 0 Å². The van der Waals surface area contributed by atoms with Crippen molar-refractivity contribution in [1.29, 1.82) is 0 Å². The van der Waals surface area contributed by atoms with Crippen molar-refractivity contribution < 1.29 is 9.32 Å². The van der Waals surface area contributed by atoms with E-state index in [1.165, 1.54) is 0 Å². The van der Waals surface area contributed by atoms with Crippen LogP contribution in [0.2, 0.25) is 0 Å². The summed E-state index contributed by atoms with van der Waals surface area (Å²) in [6.07, 6.45) is 4.07. The first-order valence-corrected chi connectivity index (χ1v) is 7.68. The second-order valence-corrected chi connectivity index (χ2v) is 5.97. The third kappa shape index (κ3) is 2.88. The summed E-state index contributed by atoms with van der Waals surface area (Å²) in [5.41, 5.74) is 0.800. The van der Waals surface area contributed by atoms with E-state index < -0.39 is 0 Å². The monoisotopic (exact) mass is 303 g/mol. The van der Waals surface area contributed by atoms with Crippen LogP contribution >= 0.6 is 0 Å². The molecule has 2 aromatic heterocycles. The summed E-state index contributed by atoms with van der Waals surface area (Å²) >= 11 is 0. The number of likely N-dealkylation sites (tertiary alicyclic amines) is 1. The van der Waals surface area contributed by atoms with Gasteiger partial charge in [-0.3, -0.25) is 9.48 Å². The fourth-order valence-electron chi connectivity index (χ4n) is 2.80. The molecule has 1 fully saturated rings. The van der Waals surface area contributed by atoms with E-state index >= 15 is 0 Å². The molecule has 1 saturated heterocycles. The van der Waals surface area contributed by atoms with Crippen LogP contribution in [0.5, 0.6) is 0 Å². The number of aryl methyl sites for hydroxylation is 1. The Morgan fingerprint density at radius 3 is 2.95 bits per heavy atom. The Morgan fingerprint density at radius 1 is 1.50 bits per heavy atom. The number of rotatable bonds is 4. The maximum Gasteiger partial charge on any atom is 0.229 e. The molecule has 0 unspecified atom stereocenters. The van der Waals surface area contributed by atoms with Gasteiger partial charge in [0.2, 0.25) is 11.8 Å². The molecule has 118 valence electrons. The molecule has 2 aromatic rings. The highest BCUT2D eigenvalue weighted by molar-refractivity contribution is 5.79. The minimum atomic E-state index is -0.0721. The highest BCUT2D eigenvalue weighted by Crippen LogP contribution is 2.30. The summed E-state index contributed by atoms with van der Waals surface area (Å²) in [6, 6.07) is 2.13. The zero-order chi connectivity index (χ0) is 15.7. The van der Waals surface area contributed by atoms with Crippen LogP contribution < -0.4 is 0 Å². The number of hydrogen-bond acceptors (Lipinski definition) is 5. The average Bonchev–Trinajstić information content (AvgIpc) is 3.16. The van der Waals surface area contributed by atoms with Gasteiger partial charge >= 0.3 is 0 Å². The van der Waals surface area contributed by atoms with Gasteiger partial charge in [0, 0.05) is 25.7 Å². The third-order valence-electron chi connectivity index (χ3n) is 3.94. The zero-order valence-electron chi connectivity index (χ0n) is 13.2. The van der Waals surface area contributed by atoms with Crippen LogP contribution in [0.15, 0.2) is 16.8 Å². The molecule has 3 heterocycles. The molecule has 0 spiro atoms. The zero-order valence-corrected chi connectivity index (χ0v) is 13.2. The SMILES string of the molecule is Cc1nc([C@H]2CCCN2C(=O)Cc2ccn(C(C)C)n2)no1. The molecule has 0 bridgehead atoms. The number of aromatic nitrogens is 4. The molecule has 0 N–H and O–H groups in total. The first kappa shape index (κ1) is 14.7. The normalized spacial score (nSPS) is 18.4. The molecule has 1 atom stereocenters. The predicted octanol–water partition coefficient (Wildman–Crippen LogP) is 2.06. The van der Waals surface area contributed by atoms with Crippen molar-refractivity contribution in [2.24, 2.45) is 0 Å². The number of hydrogen-bond donors (Lipinski definition) is 0. The summed E-state index contributed by atoms with van der Waals surface area (Å²) in [5.74, 6) is 1.21. The van der Waals surface area contributed by atoms with Gasteiger partial charge in [0.15, 0.2) is 5.82 Å². The topological polar surface area (TPSA) is 77.1 Å². The second-order valence-electron chi connectivity index (χ2n) is 5.97. The lowest BCUT2D eigenvalue weighted by Gasteiger charge is -2.21. The quantitative estimate of drug-likeness (QED) is 0.864. The lowest BCUT2D eigenvalue weighted by atomic mass is 10.2. The minimum Gasteiger partial charge on any atom is -0.340 e. The molecule has 0 aliphatic carbocycles. The summed E-state index contributed by atoms with van der Waals surface area (Å²) in [6.45, 7) is 6.62. The molecule has 1 amide bonds. The van der Waals surface area contributed by atoms with E-state index in [1.54, 1.807) is 6.92 Å². The molecule has 22 heavy (non-hydrogen) atoms. The maximum absolute atomic E-state index is 12.6. The summed E-state index contributed by atoms with van der Waals surface area (Å²) in [4.78, 5) is 18.7. The van der Waals surface area contributed by atoms with Gasteiger partial charge in [-0.25, -0.2) is 0 Å². The first-order chi connectivity index (χ1) is 10.5. The van der Waals surface area contributed by atoms with Gasteiger partial charge in [0.05, 0.1) is 18.2 Å². The molecule has 7 nitrogen and oxygen atoms in total. The molecule has 0 saturated carbocycles. The van der Waals surface area contributed by atoms with Crippen molar-refractivity contribution in [1.82, 2.24) is 24.8 Å². The van der Waals surface area contributed by atoms with Crippen LogP contribution in [-0.4, -0.2) is 37.3 Å². The molecule has 0 aromatic carbocycles. The Bertz CT molecular complexity index is 660. The second kappa shape index (κ2) is 5.90. The molecule has 7 heteroatoms. The number of carbonyl (C=O) groups is 1. The molecular weight excluding hydrogens is 282 g/mol. The lowest BCUT2D eigenvalue weighted by molar-refractivity contribution is -0.131. The van der Waals surface area contributed by atoms with Crippen molar-refractivity contribution >= 4 is 5.91 Å². The Balaban J connectivity index is 1.70. The summed E-state index contributed by atoms with van der Waals surface area (Å²) < 4.78 is 6.91. The Labute approximate surface area is 129 Å². The van der Waals surface area contributed by atoms with Gasteiger partial charge in [-0.2, -0.15) is 10.1 Å². The smallest absolute Gasteiger partial charge is 0.229 e. The van der Waals surface area contributed by atoms with E-state index in [9.17, 15) is 4.79 Å². The maximum atomic E-state index is 12.6. The van der Waals surface area contributed by atoms with Crippen molar-refractivity contribution in [3.05, 3.63) is 29.7 Å². The Morgan fingerprint density at radius 2 is 2.32 bits per heavy atom. The van der Waals surface area contributed by atoms with E-state index in [4.69, 9.17) is 4.52 Å². The van der Waals surface area contributed by atoms with Crippen LogP contribution in [0.25, 0.3) is 0 Å². The van der Waals surface area contributed by atoms with Crippen molar-refractivity contribution in [3.63, 3.8) is 0 Å².